The van der Waals surface area contributed by atoms with Crippen molar-refractivity contribution < 1.29 is 4.74 Å². The monoisotopic (exact) mass is 229 g/mol. The van der Waals surface area contributed by atoms with Gasteiger partial charge in [-0.3, -0.25) is 0 Å². The highest BCUT2D eigenvalue weighted by Crippen LogP contribution is 2.24. The predicted octanol–water partition coefficient (Wildman–Crippen LogP) is 2.50. The molecular weight excluding hydrogens is 214 g/mol. The highest BCUT2D eigenvalue weighted by molar-refractivity contribution is 5.72. The lowest BCUT2D eigenvalue weighted by Gasteiger charge is -2.13. The molecule has 3 heterocycles. The first-order valence-electron chi connectivity index (χ1n) is 5.91. The summed E-state index contributed by atoms with van der Waals surface area (Å²) < 4.78 is 7.54. The average Bonchev–Trinajstić information content (AvgIpc) is 2.74. The summed E-state index contributed by atoms with van der Waals surface area (Å²) in [4.78, 5) is 4.55. The lowest BCUT2D eigenvalue weighted by molar-refractivity contribution is 0.259. The van der Waals surface area contributed by atoms with E-state index in [9.17, 15) is 0 Å². The van der Waals surface area contributed by atoms with E-state index in [0.29, 0.717) is 0 Å². The van der Waals surface area contributed by atoms with Gasteiger partial charge in [-0.2, -0.15) is 5.10 Å². The zero-order chi connectivity index (χ0) is 11.8. The van der Waals surface area contributed by atoms with E-state index in [1.165, 1.54) is 0 Å². The highest BCUT2D eigenvalue weighted by atomic mass is 16.5. The molecular formula is C13H15N3O. The largest absolute Gasteiger partial charge is 0.493 e. The van der Waals surface area contributed by atoms with Gasteiger partial charge in [-0.25, -0.2) is 9.50 Å². The minimum Gasteiger partial charge on any atom is -0.493 e. The summed E-state index contributed by atoms with van der Waals surface area (Å²) in [6.45, 7) is 4.82. The van der Waals surface area contributed by atoms with Crippen molar-refractivity contribution in [2.45, 2.75) is 26.7 Å². The van der Waals surface area contributed by atoms with Gasteiger partial charge in [0.15, 0.2) is 5.65 Å². The first kappa shape index (κ1) is 10.3. The van der Waals surface area contributed by atoms with E-state index in [0.717, 1.165) is 47.8 Å². The number of fused-ring (bicyclic) bond motifs is 1. The summed E-state index contributed by atoms with van der Waals surface area (Å²) >= 11 is 0. The van der Waals surface area contributed by atoms with Crippen LogP contribution in [-0.4, -0.2) is 21.2 Å². The summed E-state index contributed by atoms with van der Waals surface area (Å²) in [6.07, 6.45) is 6.12. The van der Waals surface area contributed by atoms with Crippen molar-refractivity contribution in [2.24, 2.45) is 0 Å². The van der Waals surface area contributed by atoms with Gasteiger partial charge in [0.25, 0.3) is 0 Å². The Bertz CT molecular complexity index is 598. The van der Waals surface area contributed by atoms with Crippen molar-refractivity contribution in [3.05, 3.63) is 35.3 Å². The second-order valence-electron chi connectivity index (χ2n) is 4.39. The Morgan fingerprint density at radius 1 is 1.35 bits per heavy atom. The first-order chi connectivity index (χ1) is 8.25. The lowest BCUT2D eigenvalue weighted by Crippen LogP contribution is -2.02. The fraction of sp³-hybridized carbons (Fsp3) is 0.385. The molecule has 0 fully saturated rings. The second-order valence-corrected chi connectivity index (χ2v) is 4.39. The van der Waals surface area contributed by atoms with Crippen molar-refractivity contribution in [1.82, 2.24) is 14.6 Å². The summed E-state index contributed by atoms with van der Waals surface area (Å²) in [5.74, 6) is 0.920. The van der Waals surface area contributed by atoms with Crippen molar-refractivity contribution in [3.8, 4) is 0 Å². The zero-order valence-corrected chi connectivity index (χ0v) is 10.1. The molecule has 2 aromatic rings. The van der Waals surface area contributed by atoms with E-state index in [1.807, 2.05) is 30.6 Å². The van der Waals surface area contributed by atoms with Gasteiger partial charge in [0.05, 0.1) is 18.4 Å². The fourth-order valence-corrected chi connectivity index (χ4v) is 2.19. The van der Waals surface area contributed by atoms with Crippen LogP contribution in [0.5, 0.6) is 0 Å². The van der Waals surface area contributed by atoms with Crippen LogP contribution >= 0.6 is 0 Å². The Hall–Kier alpha value is -1.84. The molecule has 0 unspecified atom stereocenters. The Morgan fingerprint density at radius 2 is 2.24 bits per heavy atom. The van der Waals surface area contributed by atoms with Crippen molar-refractivity contribution in [3.63, 3.8) is 0 Å². The number of allylic oxidation sites excluding steroid dienone is 1. The standard InChI is InChI=1S/C13H15N3O/c1-9-7-10(2)16-13(15-9)11(8-14-16)12-5-3-4-6-17-12/h5,7-8H,3-4,6H2,1-2H3. The molecule has 1 aliphatic heterocycles. The first-order valence-corrected chi connectivity index (χ1v) is 5.91. The van der Waals surface area contributed by atoms with Crippen LogP contribution in [0.15, 0.2) is 18.3 Å². The van der Waals surface area contributed by atoms with Gasteiger partial charge >= 0.3 is 0 Å². The summed E-state index contributed by atoms with van der Waals surface area (Å²) in [5.41, 5.74) is 3.98. The maximum Gasteiger partial charge on any atom is 0.166 e. The van der Waals surface area contributed by atoms with E-state index in [-0.39, 0.29) is 0 Å². The molecule has 0 bridgehead atoms. The molecule has 0 radical (unpaired) electrons. The van der Waals surface area contributed by atoms with E-state index in [1.54, 1.807) is 0 Å². The molecule has 0 aliphatic carbocycles. The normalized spacial score (nSPS) is 15.8. The molecule has 0 spiro atoms. The summed E-state index contributed by atoms with van der Waals surface area (Å²) in [5, 5.41) is 4.37. The van der Waals surface area contributed by atoms with E-state index >= 15 is 0 Å². The third-order valence-electron chi connectivity index (χ3n) is 2.98. The minimum atomic E-state index is 0.786. The maximum absolute atomic E-state index is 5.68. The van der Waals surface area contributed by atoms with Crippen LogP contribution in [0.4, 0.5) is 0 Å². The molecule has 4 heteroatoms. The van der Waals surface area contributed by atoms with Gasteiger partial charge < -0.3 is 4.74 Å². The smallest absolute Gasteiger partial charge is 0.166 e. The molecule has 0 N–H and O–H groups in total. The van der Waals surface area contributed by atoms with Gasteiger partial charge in [0.1, 0.15) is 5.76 Å². The molecule has 4 nitrogen and oxygen atoms in total. The van der Waals surface area contributed by atoms with Crippen molar-refractivity contribution >= 4 is 11.4 Å². The number of ether oxygens (including phenoxy) is 1. The summed E-state index contributed by atoms with van der Waals surface area (Å²) in [7, 11) is 0. The van der Waals surface area contributed by atoms with E-state index in [2.05, 4.69) is 16.2 Å². The molecule has 0 saturated heterocycles. The number of rotatable bonds is 1. The maximum atomic E-state index is 5.68. The van der Waals surface area contributed by atoms with E-state index in [4.69, 9.17) is 4.74 Å². The van der Waals surface area contributed by atoms with Crippen molar-refractivity contribution in [2.75, 3.05) is 6.61 Å². The second kappa shape index (κ2) is 3.87. The fourth-order valence-electron chi connectivity index (χ4n) is 2.19. The van der Waals surface area contributed by atoms with Crippen LogP contribution in [0.2, 0.25) is 0 Å². The molecule has 17 heavy (non-hydrogen) atoms. The van der Waals surface area contributed by atoms with Gasteiger partial charge in [0, 0.05) is 11.4 Å². The summed E-state index contributed by atoms with van der Waals surface area (Å²) in [6, 6.07) is 2.03. The zero-order valence-electron chi connectivity index (χ0n) is 10.1. The van der Waals surface area contributed by atoms with Crippen LogP contribution in [0.3, 0.4) is 0 Å². The third kappa shape index (κ3) is 1.69. The Labute approximate surface area is 99.9 Å². The van der Waals surface area contributed by atoms with Gasteiger partial charge in [-0.15, -0.1) is 0 Å². The number of nitrogens with zero attached hydrogens (tertiary/aromatic N) is 3. The van der Waals surface area contributed by atoms with Gasteiger partial charge in [0.2, 0.25) is 0 Å². The topological polar surface area (TPSA) is 39.4 Å². The van der Waals surface area contributed by atoms with Crippen LogP contribution in [-0.2, 0) is 4.74 Å². The molecule has 2 aromatic heterocycles. The molecule has 0 saturated carbocycles. The molecule has 0 atom stereocenters. The van der Waals surface area contributed by atoms with Gasteiger partial charge in [-0.05, 0) is 38.8 Å². The third-order valence-corrected chi connectivity index (χ3v) is 2.98. The molecule has 88 valence electrons. The predicted molar refractivity (Wildman–Crippen MR) is 65.6 cm³/mol. The highest BCUT2D eigenvalue weighted by Gasteiger charge is 2.15. The Kier molecular flexibility index (Phi) is 2.35. The molecule has 1 aliphatic rings. The Balaban J connectivity index is 2.20. The number of aryl methyl sites for hydroxylation is 2. The van der Waals surface area contributed by atoms with Crippen LogP contribution in [0, 0.1) is 13.8 Å². The number of aromatic nitrogens is 3. The Morgan fingerprint density at radius 3 is 3.00 bits per heavy atom. The number of hydrogen-bond donors (Lipinski definition) is 0. The van der Waals surface area contributed by atoms with Crippen LogP contribution < -0.4 is 0 Å². The van der Waals surface area contributed by atoms with Crippen LogP contribution in [0.25, 0.3) is 11.4 Å². The molecule has 0 aromatic carbocycles. The van der Waals surface area contributed by atoms with Gasteiger partial charge in [-0.1, -0.05) is 0 Å². The van der Waals surface area contributed by atoms with Crippen LogP contribution in [0.1, 0.15) is 29.8 Å². The SMILES string of the molecule is Cc1cc(C)n2ncc(C3=CCCCO3)c2n1. The van der Waals surface area contributed by atoms with Crippen molar-refractivity contribution in [1.29, 1.82) is 0 Å². The average molecular weight is 229 g/mol. The molecule has 3 rings (SSSR count). The van der Waals surface area contributed by atoms with E-state index < -0.39 is 0 Å². The minimum absolute atomic E-state index is 0.786. The molecule has 0 amide bonds. The quantitative estimate of drug-likeness (QED) is 0.754. The number of hydrogen-bond acceptors (Lipinski definition) is 3. The lowest BCUT2D eigenvalue weighted by atomic mass is 10.2.